The summed E-state index contributed by atoms with van der Waals surface area (Å²) in [4.78, 5) is 35.8. The van der Waals surface area contributed by atoms with E-state index in [0.29, 0.717) is 17.8 Å². The quantitative estimate of drug-likeness (QED) is 0.732. The molecule has 1 heterocycles. The highest BCUT2D eigenvalue weighted by atomic mass is 16.4. The summed E-state index contributed by atoms with van der Waals surface area (Å²) >= 11 is 0. The Balaban J connectivity index is 2.22. The minimum atomic E-state index is -1.14. The molecule has 0 radical (unpaired) electrons. The number of carbonyl (C=O) groups excluding carboxylic acids is 2. The van der Waals surface area contributed by atoms with Crippen LogP contribution in [0.2, 0.25) is 0 Å². The van der Waals surface area contributed by atoms with Gasteiger partial charge in [0.25, 0.3) is 5.91 Å². The van der Waals surface area contributed by atoms with E-state index >= 15 is 0 Å². The molecule has 0 saturated carbocycles. The molecule has 0 unspecified atom stereocenters. The Hall–Kier alpha value is -3.09. The van der Waals surface area contributed by atoms with E-state index in [1.807, 2.05) is 27.7 Å². The molecule has 2 aromatic rings. The highest BCUT2D eigenvalue weighted by Gasteiger charge is 2.23. The van der Waals surface area contributed by atoms with Gasteiger partial charge in [-0.3, -0.25) is 9.59 Å². The maximum atomic E-state index is 12.4. The fraction of sp³-hybridized carbons (Fsp3) is 0.350. The van der Waals surface area contributed by atoms with E-state index in [1.54, 1.807) is 25.1 Å². The van der Waals surface area contributed by atoms with Gasteiger partial charge >= 0.3 is 5.97 Å². The molecule has 1 aromatic heterocycles. The predicted molar refractivity (Wildman–Crippen MR) is 102 cm³/mol. The Morgan fingerprint density at radius 3 is 2.30 bits per heavy atom. The second-order valence-corrected chi connectivity index (χ2v) is 7.29. The van der Waals surface area contributed by atoms with E-state index in [-0.39, 0.29) is 23.0 Å². The van der Waals surface area contributed by atoms with Crippen molar-refractivity contribution in [3.05, 3.63) is 46.9 Å². The molecule has 2 amide bonds. The highest BCUT2D eigenvalue weighted by Crippen LogP contribution is 2.24. The van der Waals surface area contributed by atoms with Crippen LogP contribution in [0.25, 0.3) is 0 Å². The third kappa shape index (κ3) is 4.75. The van der Waals surface area contributed by atoms with Crippen LogP contribution in [0.4, 0.5) is 11.4 Å². The normalized spacial score (nSPS) is 11.1. The van der Waals surface area contributed by atoms with Gasteiger partial charge in [-0.15, -0.1) is 0 Å². The SMILES string of the molecule is CCc1oc(C(=O)Nc2ccc(C)c(NC(=O)C(C)(C)C)c2)cc1C(=O)O. The number of aryl methyl sites for hydroxylation is 2. The number of nitrogens with one attached hydrogen (secondary N) is 2. The van der Waals surface area contributed by atoms with Crippen molar-refractivity contribution < 1.29 is 23.9 Å². The molecule has 3 N–H and O–H groups in total. The van der Waals surface area contributed by atoms with Gasteiger partial charge in [-0.2, -0.15) is 0 Å². The summed E-state index contributed by atoms with van der Waals surface area (Å²) in [5.41, 5.74) is 1.33. The van der Waals surface area contributed by atoms with Gasteiger partial charge in [0.2, 0.25) is 5.91 Å². The van der Waals surface area contributed by atoms with E-state index in [2.05, 4.69) is 10.6 Å². The largest absolute Gasteiger partial charge is 0.478 e. The molecule has 7 nitrogen and oxygen atoms in total. The van der Waals surface area contributed by atoms with Crippen LogP contribution in [0.1, 0.15) is 59.9 Å². The first kappa shape index (κ1) is 20.2. The lowest BCUT2D eigenvalue weighted by molar-refractivity contribution is -0.123. The van der Waals surface area contributed by atoms with Gasteiger partial charge in [0, 0.05) is 29.3 Å². The summed E-state index contributed by atoms with van der Waals surface area (Å²) in [5.74, 6) is -1.68. The topological polar surface area (TPSA) is 109 Å². The van der Waals surface area contributed by atoms with Crippen LogP contribution in [0, 0.1) is 12.3 Å². The Morgan fingerprint density at radius 1 is 1.11 bits per heavy atom. The monoisotopic (exact) mass is 372 g/mol. The van der Waals surface area contributed by atoms with Crippen LogP contribution >= 0.6 is 0 Å². The first-order valence-electron chi connectivity index (χ1n) is 8.62. The van der Waals surface area contributed by atoms with Crippen molar-refractivity contribution in [2.24, 2.45) is 5.41 Å². The summed E-state index contributed by atoms with van der Waals surface area (Å²) in [6.45, 7) is 9.03. The first-order chi connectivity index (χ1) is 12.5. The van der Waals surface area contributed by atoms with Crippen molar-refractivity contribution in [2.75, 3.05) is 10.6 Å². The average molecular weight is 372 g/mol. The lowest BCUT2D eigenvalue weighted by Gasteiger charge is -2.19. The van der Waals surface area contributed by atoms with Gasteiger partial charge in [0.05, 0.1) is 0 Å². The minimum absolute atomic E-state index is 0.0234. The molecule has 0 bridgehead atoms. The van der Waals surface area contributed by atoms with Crippen LogP contribution in [0.5, 0.6) is 0 Å². The Kier molecular flexibility index (Phi) is 5.73. The standard InChI is InChI=1S/C20H24N2O5/c1-6-15-13(18(24)25)10-16(27-15)17(23)21-12-8-7-11(2)14(9-12)22-19(26)20(3,4)5/h7-10H,6H2,1-5H3,(H,21,23)(H,22,26)(H,24,25). The Bertz CT molecular complexity index is 890. The van der Waals surface area contributed by atoms with Crippen LogP contribution in [0.3, 0.4) is 0 Å². The van der Waals surface area contributed by atoms with Crippen molar-refractivity contribution in [3.63, 3.8) is 0 Å². The van der Waals surface area contributed by atoms with Gasteiger partial charge in [0.15, 0.2) is 5.76 Å². The molecule has 0 spiro atoms. The fourth-order valence-electron chi connectivity index (χ4n) is 2.32. The van der Waals surface area contributed by atoms with Crippen LogP contribution in [-0.2, 0) is 11.2 Å². The van der Waals surface area contributed by atoms with Crippen molar-refractivity contribution in [1.82, 2.24) is 0 Å². The lowest BCUT2D eigenvalue weighted by atomic mass is 9.95. The van der Waals surface area contributed by atoms with Crippen molar-refractivity contribution in [2.45, 2.75) is 41.0 Å². The molecular weight excluding hydrogens is 348 g/mol. The summed E-state index contributed by atoms with van der Waals surface area (Å²) in [7, 11) is 0. The van der Waals surface area contributed by atoms with Gasteiger partial charge in [-0.25, -0.2) is 4.79 Å². The number of carboxylic acids is 1. The van der Waals surface area contributed by atoms with Crippen LogP contribution < -0.4 is 10.6 Å². The molecule has 0 saturated heterocycles. The molecule has 144 valence electrons. The zero-order valence-electron chi connectivity index (χ0n) is 16.1. The average Bonchev–Trinajstić information content (AvgIpc) is 3.01. The number of carboxylic acid groups (broad SMARTS) is 1. The number of rotatable bonds is 5. The maximum Gasteiger partial charge on any atom is 0.339 e. The Morgan fingerprint density at radius 2 is 1.78 bits per heavy atom. The van der Waals surface area contributed by atoms with Crippen LogP contribution in [-0.4, -0.2) is 22.9 Å². The third-order valence-corrected chi connectivity index (χ3v) is 4.01. The maximum absolute atomic E-state index is 12.4. The summed E-state index contributed by atoms with van der Waals surface area (Å²) < 4.78 is 5.36. The predicted octanol–water partition coefficient (Wildman–Crippen LogP) is 4.09. The summed E-state index contributed by atoms with van der Waals surface area (Å²) in [6.07, 6.45) is 0.364. The minimum Gasteiger partial charge on any atom is -0.478 e. The second kappa shape index (κ2) is 7.65. The first-order valence-corrected chi connectivity index (χ1v) is 8.62. The zero-order chi connectivity index (χ0) is 20.4. The number of furan rings is 1. The molecule has 1 aromatic carbocycles. The van der Waals surface area contributed by atoms with Gasteiger partial charge in [0.1, 0.15) is 11.3 Å². The molecule has 0 aliphatic rings. The van der Waals surface area contributed by atoms with E-state index in [4.69, 9.17) is 9.52 Å². The number of aromatic carboxylic acids is 1. The van der Waals surface area contributed by atoms with E-state index in [0.717, 1.165) is 5.56 Å². The zero-order valence-corrected chi connectivity index (χ0v) is 16.1. The van der Waals surface area contributed by atoms with Crippen LogP contribution in [0.15, 0.2) is 28.7 Å². The summed E-state index contributed by atoms with van der Waals surface area (Å²) in [5, 5.41) is 14.7. The molecule has 2 rings (SSSR count). The fourth-order valence-corrected chi connectivity index (χ4v) is 2.32. The highest BCUT2D eigenvalue weighted by molar-refractivity contribution is 6.04. The second-order valence-electron chi connectivity index (χ2n) is 7.29. The smallest absolute Gasteiger partial charge is 0.339 e. The number of amides is 2. The molecule has 7 heteroatoms. The van der Waals surface area contributed by atoms with Gasteiger partial charge < -0.3 is 20.2 Å². The molecule has 0 fully saturated rings. The molecule has 0 aliphatic heterocycles. The number of benzene rings is 1. The number of anilines is 2. The van der Waals surface area contributed by atoms with Gasteiger partial charge in [-0.1, -0.05) is 33.8 Å². The molecule has 27 heavy (non-hydrogen) atoms. The van der Waals surface area contributed by atoms with E-state index in [1.165, 1.54) is 6.07 Å². The summed E-state index contributed by atoms with van der Waals surface area (Å²) in [6, 6.07) is 6.34. The number of hydrogen-bond donors (Lipinski definition) is 3. The third-order valence-electron chi connectivity index (χ3n) is 4.01. The number of carbonyl (C=O) groups is 3. The lowest BCUT2D eigenvalue weighted by Crippen LogP contribution is -2.28. The Labute approximate surface area is 157 Å². The molecule has 0 aliphatic carbocycles. The molecule has 0 atom stereocenters. The number of hydrogen-bond acceptors (Lipinski definition) is 4. The van der Waals surface area contributed by atoms with Gasteiger partial charge in [-0.05, 0) is 24.6 Å². The molecular formula is C20H24N2O5. The van der Waals surface area contributed by atoms with E-state index in [9.17, 15) is 14.4 Å². The van der Waals surface area contributed by atoms with Crippen molar-refractivity contribution in [1.29, 1.82) is 0 Å². The van der Waals surface area contributed by atoms with E-state index < -0.39 is 17.3 Å². The van der Waals surface area contributed by atoms with Crippen molar-refractivity contribution >= 4 is 29.2 Å². The van der Waals surface area contributed by atoms with Crippen molar-refractivity contribution in [3.8, 4) is 0 Å².